The topological polar surface area (TPSA) is 59.1 Å². The zero-order chi connectivity index (χ0) is 9.97. The first kappa shape index (κ1) is 9.62. The van der Waals surface area contributed by atoms with Crippen molar-refractivity contribution in [2.75, 3.05) is 6.54 Å². The fourth-order valence-corrected chi connectivity index (χ4v) is 1.78. The van der Waals surface area contributed by atoms with Crippen molar-refractivity contribution in [3.63, 3.8) is 0 Å². The predicted molar refractivity (Wildman–Crippen MR) is 54.8 cm³/mol. The number of aromatic nitrogens is 1. The molecule has 0 radical (unpaired) electrons. The van der Waals surface area contributed by atoms with Crippen LogP contribution < -0.4 is 5.73 Å². The van der Waals surface area contributed by atoms with Crippen LogP contribution in [0, 0.1) is 0 Å². The third-order valence-corrected chi connectivity index (χ3v) is 2.70. The van der Waals surface area contributed by atoms with Crippen LogP contribution in [-0.4, -0.2) is 16.6 Å². The monoisotopic (exact) mass is 192 g/mol. The van der Waals surface area contributed by atoms with Crippen molar-refractivity contribution in [1.29, 1.82) is 0 Å². The molecule has 2 rings (SSSR count). The van der Waals surface area contributed by atoms with E-state index in [0.717, 1.165) is 5.56 Å². The first-order valence-corrected chi connectivity index (χ1v) is 5.15. The van der Waals surface area contributed by atoms with Gasteiger partial charge in [0, 0.05) is 18.0 Å². The number of hydrogen-bond donors (Lipinski definition) is 2. The summed E-state index contributed by atoms with van der Waals surface area (Å²) < 4.78 is 0. The van der Waals surface area contributed by atoms with E-state index < -0.39 is 6.10 Å². The molecule has 0 amide bonds. The normalized spacial score (nSPS) is 18.1. The number of aliphatic hydroxyl groups is 1. The standard InChI is InChI=1S/C11H16N2O/c12-5-3-11(14)10-7-13-6-4-9(10)8-1-2-8/h4,6-8,11,14H,1-3,5,12H2. The Hall–Kier alpha value is -0.930. The van der Waals surface area contributed by atoms with Gasteiger partial charge >= 0.3 is 0 Å². The second-order valence-corrected chi connectivity index (χ2v) is 3.87. The maximum Gasteiger partial charge on any atom is 0.0819 e. The van der Waals surface area contributed by atoms with Gasteiger partial charge in [-0.2, -0.15) is 0 Å². The quantitative estimate of drug-likeness (QED) is 0.756. The maximum atomic E-state index is 9.86. The van der Waals surface area contributed by atoms with Crippen LogP contribution in [0.2, 0.25) is 0 Å². The smallest absolute Gasteiger partial charge is 0.0819 e. The molecule has 1 aromatic rings. The Labute approximate surface area is 84.0 Å². The molecule has 76 valence electrons. The molecule has 3 N–H and O–H groups in total. The second kappa shape index (κ2) is 4.07. The predicted octanol–water partition coefficient (Wildman–Crippen LogP) is 1.34. The first-order valence-electron chi connectivity index (χ1n) is 5.15. The molecule has 3 heteroatoms. The van der Waals surface area contributed by atoms with E-state index in [9.17, 15) is 5.11 Å². The second-order valence-electron chi connectivity index (χ2n) is 3.87. The number of nitrogens with zero attached hydrogens (tertiary/aromatic N) is 1. The van der Waals surface area contributed by atoms with E-state index >= 15 is 0 Å². The lowest BCUT2D eigenvalue weighted by molar-refractivity contribution is 0.169. The highest BCUT2D eigenvalue weighted by molar-refractivity contribution is 5.32. The van der Waals surface area contributed by atoms with E-state index in [1.165, 1.54) is 18.4 Å². The summed E-state index contributed by atoms with van der Waals surface area (Å²) in [5, 5.41) is 9.86. The lowest BCUT2D eigenvalue weighted by atomic mass is 10.00. The number of aliphatic hydroxyl groups excluding tert-OH is 1. The molecule has 0 spiro atoms. The molecular weight excluding hydrogens is 176 g/mol. The highest BCUT2D eigenvalue weighted by Gasteiger charge is 2.27. The van der Waals surface area contributed by atoms with Crippen molar-refractivity contribution < 1.29 is 5.11 Å². The van der Waals surface area contributed by atoms with Gasteiger partial charge in [0.2, 0.25) is 0 Å². The molecule has 1 aliphatic carbocycles. The van der Waals surface area contributed by atoms with Gasteiger partial charge in [-0.15, -0.1) is 0 Å². The molecule has 0 bridgehead atoms. The minimum atomic E-state index is -0.440. The average molecular weight is 192 g/mol. The molecule has 0 saturated heterocycles. The van der Waals surface area contributed by atoms with Gasteiger partial charge in [-0.3, -0.25) is 4.98 Å². The average Bonchev–Trinajstić information content (AvgIpc) is 3.01. The van der Waals surface area contributed by atoms with E-state index in [4.69, 9.17) is 5.73 Å². The Morgan fingerprint density at radius 2 is 2.36 bits per heavy atom. The van der Waals surface area contributed by atoms with E-state index in [-0.39, 0.29) is 0 Å². The van der Waals surface area contributed by atoms with Gasteiger partial charge in [0.15, 0.2) is 0 Å². The maximum absolute atomic E-state index is 9.86. The third-order valence-electron chi connectivity index (χ3n) is 2.70. The van der Waals surface area contributed by atoms with Gasteiger partial charge in [-0.05, 0) is 43.4 Å². The summed E-state index contributed by atoms with van der Waals surface area (Å²) in [4.78, 5) is 4.06. The third kappa shape index (κ3) is 1.94. The van der Waals surface area contributed by atoms with Crippen molar-refractivity contribution in [3.05, 3.63) is 29.6 Å². The summed E-state index contributed by atoms with van der Waals surface area (Å²) >= 11 is 0. The highest BCUT2D eigenvalue weighted by Crippen LogP contribution is 2.42. The molecule has 1 saturated carbocycles. The fourth-order valence-electron chi connectivity index (χ4n) is 1.78. The molecule has 1 aromatic heterocycles. The zero-order valence-electron chi connectivity index (χ0n) is 8.19. The van der Waals surface area contributed by atoms with Gasteiger partial charge in [0.25, 0.3) is 0 Å². The largest absolute Gasteiger partial charge is 0.388 e. The molecule has 1 atom stereocenters. The summed E-state index contributed by atoms with van der Waals surface area (Å²) in [7, 11) is 0. The first-order chi connectivity index (χ1) is 6.83. The fraction of sp³-hybridized carbons (Fsp3) is 0.545. The van der Waals surface area contributed by atoms with E-state index in [2.05, 4.69) is 4.98 Å². The molecule has 0 aromatic carbocycles. The highest BCUT2D eigenvalue weighted by atomic mass is 16.3. The molecule has 1 heterocycles. The Morgan fingerprint density at radius 3 is 3.00 bits per heavy atom. The van der Waals surface area contributed by atoms with Crippen molar-refractivity contribution in [2.45, 2.75) is 31.3 Å². The van der Waals surface area contributed by atoms with Gasteiger partial charge < -0.3 is 10.8 Å². The molecular formula is C11H16N2O. The number of pyridine rings is 1. The van der Waals surface area contributed by atoms with E-state index in [0.29, 0.717) is 18.9 Å². The van der Waals surface area contributed by atoms with E-state index in [1.54, 1.807) is 12.4 Å². The number of hydrogen-bond acceptors (Lipinski definition) is 3. The minimum absolute atomic E-state index is 0.440. The number of rotatable bonds is 4. The molecule has 14 heavy (non-hydrogen) atoms. The van der Waals surface area contributed by atoms with Crippen LogP contribution in [0.1, 0.15) is 42.4 Å². The van der Waals surface area contributed by atoms with Crippen molar-refractivity contribution in [1.82, 2.24) is 4.98 Å². The van der Waals surface area contributed by atoms with Crippen LogP contribution in [0.4, 0.5) is 0 Å². The molecule has 1 fully saturated rings. The molecule has 0 aliphatic heterocycles. The van der Waals surface area contributed by atoms with Crippen LogP contribution in [0.5, 0.6) is 0 Å². The molecule has 1 aliphatic rings. The summed E-state index contributed by atoms with van der Waals surface area (Å²) in [5.41, 5.74) is 7.67. The molecule has 1 unspecified atom stereocenters. The Bertz CT molecular complexity index is 310. The van der Waals surface area contributed by atoms with Gasteiger partial charge in [0.1, 0.15) is 0 Å². The van der Waals surface area contributed by atoms with Gasteiger partial charge in [-0.1, -0.05) is 0 Å². The number of nitrogens with two attached hydrogens (primary N) is 1. The SMILES string of the molecule is NCCC(O)c1cnccc1C1CC1. The lowest BCUT2D eigenvalue weighted by Crippen LogP contribution is -2.08. The Morgan fingerprint density at radius 1 is 1.57 bits per heavy atom. The lowest BCUT2D eigenvalue weighted by Gasteiger charge is -2.13. The van der Waals surface area contributed by atoms with Crippen molar-refractivity contribution >= 4 is 0 Å². The molecule has 3 nitrogen and oxygen atoms in total. The van der Waals surface area contributed by atoms with Crippen LogP contribution in [0.25, 0.3) is 0 Å². The summed E-state index contributed by atoms with van der Waals surface area (Å²) in [6.07, 6.45) is 6.23. The Kier molecular flexibility index (Phi) is 2.79. The van der Waals surface area contributed by atoms with Crippen molar-refractivity contribution in [3.8, 4) is 0 Å². The van der Waals surface area contributed by atoms with Crippen LogP contribution in [-0.2, 0) is 0 Å². The zero-order valence-corrected chi connectivity index (χ0v) is 8.19. The summed E-state index contributed by atoms with van der Waals surface area (Å²) in [5.74, 6) is 0.653. The van der Waals surface area contributed by atoms with Crippen LogP contribution in [0.3, 0.4) is 0 Å². The van der Waals surface area contributed by atoms with Gasteiger partial charge in [0.05, 0.1) is 6.10 Å². The summed E-state index contributed by atoms with van der Waals surface area (Å²) in [6.45, 7) is 0.514. The van der Waals surface area contributed by atoms with Crippen LogP contribution >= 0.6 is 0 Å². The summed E-state index contributed by atoms with van der Waals surface area (Å²) in [6, 6.07) is 2.02. The minimum Gasteiger partial charge on any atom is -0.388 e. The Balaban J connectivity index is 2.21. The van der Waals surface area contributed by atoms with Crippen LogP contribution in [0.15, 0.2) is 18.5 Å². The van der Waals surface area contributed by atoms with Gasteiger partial charge in [-0.25, -0.2) is 0 Å². The van der Waals surface area contributed by atoms with E-state index in [1.807, 2.05) is 6.07 Å². The van der Waals surface area contributed by atoms with Crippen molar-refractivity contribution in [2.24, 2.45) is 5.73 Å².